The summed E-state index contributed by atoms with van der Waals surface area (Å²) < 4.78 is 0. The third-order valence-corrected chi connectivity index (χ3v) is 5.45. The Hall–Kier alpha value is -2.99. The highest BCUT2D eigenvalue weighted by atomic mass is 16.2. The van der Waals surface area contributed by atoms with Crippen molar-refractivity contribution in [1.29, 1.82) is 0 Å². The molecule has 1 fully saturated rings. The van der Waals surface area contributed by atoms with E-state index in [1.54, 1.807) is 12.1 Å². The van der Waals surface area contributed by atoms with Gasteiger partial charge in [-0.25, -0.2) is 0 Å². The zero-order chi connectivity index (χ0) is 19.5. The Bertz CT molecular complexity index is 907. The van der Waals surface area contributed by atoms with Gasteiger partial charge in [-0.15, -0.1) is 0 Å². The van der Waals surface area contributed by atoms with Gasteiger partial charge in [0, 0.05) is 24.6 Å². The summed E-state index contributed by atoms with van der Waals surface area (Å²) in [6, 6.07) is 15.7. The molecule has 6 heteroatoms. The van der Waals surface area contributed by atoms with Crippen LogP contribution in [0.1, 0.15) is 39.5 Å². The van der Waals surface area contributed by atoms with Crippen molar-refractivity contribution < 1.29 is 14.4 Å². The molecule has 3 N–H and O–H groups in total. The summed E-state index contributed by atoms with van der Waals surface area (Å²) in [7, 11) is 0. The predicted octanol–water partition coefficient (Wildman–Crippen LogP) is 1.51. The summed E-state index contributed by atoms with van der Waals surface area (Å²) in [6.45, 7) is 1.44. The van der Waals surface area contributed by atoms with E-state index in [0.29, 0.717) is 18.5 Å². The highest BCUT2D eigenvalue weighted by Crippen LogP contribution is 2.22. The average Bonchev–Trinajstić information content (AvgIpc) is 3.03. The Balaban J connectivity index is 1.34. The number of nitrogens with one attached hydrogen (secondary N) is 3. The number of imide groups is 1. The van der Waals surface area contributed by atoms with Crippen molar-refractivity contribution in [3.05, 3.63) is 70.8 Å². The lowest BCUT2D eigenvalue weighted by atomic mass is 9.94. The second-order valence-electron chi connectivity index (χ2n) is 7.38. The Morgan fingerprint density at radius 2 is 1.86 bits per heavy atom. The average molecular weight is 377 g/mol. The van der Waals surface area contributed by atoms with Crippen molar-refractivity contribution in [1.82, 2.24) is 16.0 Å². The van der Waals surface area contributed by atoms with E-state index < -0.39 is 0 Å². The molecular weight excluding hydrogens is 354 g/mol. The minimum absolute atomic E-state index is 0.117. The normalized spacial score (nSPS) is 21.1. The lowest BCUT2D eigenvalue weighted by molar-refractivity contribution is -0.125. The molecule has 2 aliphatic rings. The molecule has 2 aromatic rings. The van der Waals surface area contributed by atoms with Crippen molar-refractivity contribution >= 4 is 17.7 Å². The smallest absolute Gasteiger partial charge is 0.251 e. The van der Waals surface area contributed by atoms with Crippen LogP contribution in [0.25, 0.3) is 0 Å². The van der Waals surface area contributed by atoms with Crippen molar-refractivity contribution in [2.75, 3.05) is 13.1 Å². The summed E-state index contributed by atoms with van der Waals surface area (Å²) in [4.78, 5) is 35.5. The largest absolute Gasteiger partial charge is 0.350 e. The fraction of sp³-hybridized carbons (Fsp3) is 0.318. The first-order valence-electron chi connectivity index (χ1n) is 9.62. The van der Waals surface area contributed by atoms with Crippen LogP contribution in [0, 0.1) is 5.92 Å². The van der Waals surface area contributed by atoms with Crippen LogP contribution >= 0.6 is 0 Å². The lowest BCUT2D eigenvalue weighted by Crippen LogP contribution is -2.38. The standard InChI is InChI=1S/C22H23N3O3/c26-20-12-17(22(28)25-20)11-14-5-7-16(8-6-14)21(27)24-13-19-18-4-2-1-3-15(18)9-10-23-19/h1-8,17,19,23H,9-13H2,(H,24,27)(H,25,26,28). The highest BCUT2D eigenvalue weighted by molar-refractivity contribution is 6.03. The van der Waals surface area contributed by atoms with E-state index in [2.05, 4.69) is 28.1 Å². The Labute approximate surface area is 163 Å². The summed E-state index contributed by atoms with van der Waals surface area (Å²) in [6.07, 6.45) is 1.74. The SMILES string of the molecule is O=C1CC(Cc2ccc(C(=O)NCC3NCCc4ccccc43)cc2)C(=O)N1. The number of carbonyl (C=O) groups excluding carboxylic acids is 3. The van der Waals surface area contributed by atoms with Crippen LogP contribution in [-0.2, 0) is 22.4 Å². The number of hydrogen-bond acceptors (Lipinski definition) is 4. The molecule has 2 unspecified atom stereocenters. The number of hydrogen-bond donors (Lipinski definition) is 3. The Kier molecular flexibility index (Phi) is 5.21. The van der Waals surface area contributed by atoms with Crippen molar-refractivity contribution in [2.45, 2.75) is 25.3 Å². The van der Waals surface area contributed by atoms with Gasteiger partial charge in [-0.1, -0.05) is 36.4 Å². The molecule has 0 aromatic heterocycles. The number of benzene rings is 2. The molecule has 0 bridgehead atoms. The molecule has 6 nitrogen and oxygen atoms in total. The van der Waals surface area contributed by atoms with Crippen molar-refractivity contribution in [3.63, 3.8) is 0 Å². The monoisotopic (exact) mass is 377 g/mol. The van der Waals surface area contributed by atoms with Crippen LogP contribution in [-0.4, -0.2) is 30.8 Å². The Morgan fingerprint density at radius 3 is 2.61 bits per heavy atom. The summed E-state index contributed by atoms with van der Waals surface area (Å²) >= 11 is 0. The maximum absolute atomic E-state index is 12.5. The quantitative estimate of drug-likeness (QED) is 0.690. The van der Waals surface area contributed by atoms with Gasteiger partial charge in [0.25, 0.3) is 5.91 Å². The first kappa shape index (κ1) is 18.4. The van der Waals surface area contributed by atoms with Gasteiger partial charge in [0.1, 0.15) is 0 Å². The summed E-state index contributed by atoms with van der Waals surface area (Å²) in [5.41, 5.74) is 4.10. The van der Waals surface area contributed by atoms with Crippen molar-refractivity contribution in [3.8, 4) is 0 Å². The molecule has 1 saturated heterocycles. The molecule has 2 heterocycles. The summed E-state index contributed by atoms with van der Waals surface area (Å²) in [5.74, 6) is -0.870. The van der Waals surface area contributed by atoms with Gasteiger partial charge in [0.15, 0.2) is 0 Å². The minimum Gasteiger partial charge on any atom is -0.350 e. The zero-order valence-corrected chi connectivity index (χ0v) is 15.5. The van der Waals surface area contributed by atoms with Crippen molar-refractivity contribution in [2.24, 2.45) is 5.92 Å². The van der Waals surface area contributed by atoms with E-state index in [4.69, 9.17) is 0 Å². The van der Waals surface area contributed by atoms with Crippen LogP contribution < -0.4 is 16.0 Å². The van der Waals surface area contributed by atoms with E-state index in [-0.39, 0.29) is 36.1 Å². The Morgan fingerprint density at radius 1 is 1.07 bits per heavy atom. The second kappa shape index (κ2) is 7.94. The fourth-order valence-corrected chi connectivity index (χ4v) is 3.92. The first-order chi connectivity index (χ1) is 13.6. The van der Waals surface area contributed by atoms with Crippen LogP contribution in [0.3, 0.4) is 0 Å². The van der Waals surface area contributed by atoms with E-state index in [1.165, 1.54) is 11.1 Å². The van der Waals surface area contributed by atoms with E-state index in [9.17, 15) is 14.4 Å². The lowest BCUT2D eigenvalue weighted by Gasteiger charge is -2.27. The van der Waals surface area contributed by atoms with Gasteiger partial charge < -0.3 is 10.6 Å². The van der Waals surface area contributed by atoms with Crippen LogP contribution in [0.4, 0.5) is 0 Å². The van der Waals surface area contributed by atoms with Gasteiger partial charge in [0.2, 0.25) is 11.8 Å². The third-order valence-electron chi connectivity index (χ3n) is 5.45. The first-order valence-corrected chi connectivity index (χ1v) is 9.62. The molecule has 2 aliphatic heterocycles. The molecule has 0 aliphatic carbocycles. The molecule has 28 heavy (non-hydrogen) atoms. The fourth-order valence-electron chi connectivity index (χ4n) is 3.92. The van der Waals surface area contributed by atoms with Crippen LogP contribution in [0.5, 0.6) is 0 Å². The molecule has 144 valence electrons. The third kappa shape index (κ3) is 3.97. The molecule has 0 spiro atoms. The second-order valence-corrected chi connectivity index (χ2v) is 7.38. The molecule has 2 atom stereocenters. The minimum atomic E-state index is -0.315. The zero-order valence-electron chi connectivity index (χ0n) is 15.5. The van der Waals surface area contributed by atoms with E-state index in [1.807, 2.05) is 24.3 Å². The van der Waals surface area contributed by atoms with Crippen LogP contribution in [0.15, 0.2) is 48.5 Å². The van der Waals surface area contributed by atoms with E-state index in [0.717, 1.165) is 18.5 Å². The van der Waals surface area contributed by atoms with Gasteiger partial charge in [-0.05, 0) is 48.2 Å². The predicted molar refractivity (Wildman–Crippen MR) is 105 cm³/mol. The maximum atomic E-state index is 12.5. The van der Waals surface area contributed by atoms with Gasteiger partial charge in [0.05, 0.1) is 5.92 Å². The summed E-state index contributed by atoms with van der Waals surface area (Å²) in [5, 5.41) is 8.79. The van der Waals surface area contributed by atoms with Crippen LogP contribution in [0.2, 0.25) is 0 Å². The molecule has 0 saturated carbocycles. The molecule has 3 amide bonds. The number of amides is 3. The number of carbonyl (C=O) groups is 3. The topological polar surface area (TPSA) is 87.3 Å². The molecular formula is C22H23N3O3. The highest BCUT2D eigenvalue weighted by Gasteiger charge is 2.30. The molecule has 2 aromatic carbocycles. The van der Waals surface area contributed by atoms with Gasteiger partial charge in [-0.3, -0.25) is 19.7 Å². The van der Waals surface area contributed by atoms with Gasteiger partial charge >= 0.3 is 0 Å². The van der Waals surface area contributed by atoms with E-state index >= 15 is 0 Å². The van der Waals surface area contributed by atoms with Gasteiger partial charge in [-0.2, -0.15) is 0 Å². The maximum Gasteiger partial charge on any atom is 0.251 e. The molecule has 0 radical (unpaired) electrons. The number of rotatable bonds is 5. The number of fused-ring (bicyclic) bond motifs is 1. The molecule has 4 rings (SSSR count).